The van der Waals surface area contributed by atoms with Crippen molar-refractivity contribution >= 4 is 17.2 Å². The first-order valence-corrected chi connectivity index (χ1v) is 10.4. The number of hydrogen-bond donors (Lipinski definition) is 1. The third-order valence-electron chi connectivity index (χ3n) is 5.10. The van der Waals surface area contributed by atoms with Crippen molar-refractivity contribution in [2.45, 2.75) is 26.3 Å². The number of para-hydroxylation sites is 1. The molecule has 3 aromatic rings. The van der Waals surface area contributed by atoms with Crippen molar-refractivity contribution in [2.75, 3.05) is 19.6 Å². The van der Waals surface area contributed by atoms with Crippen LogP contribution in [0.15, 0.2) is 42.3 Å². The zero-order chi connectivity index (χ0) is 19.3. The molecule has 0 spiro atoms. The number of carbonyl (C=O) groups is 1. The molecule has 1 N–H and O–H groups in total. The van der Waals surface area contributed by atoms with Crippen LogP contribution < -0.4 is 5.32 Å². The molecule has 0 bridgehead atoms. The van der Waals surface area contributed by atoms with Crippen LogP contribution in [-0.2, 0) is 6.54 Å². The van der Waals surface area contributed by atoms with Crippen molar-refractivity contribution in [3.8, 4) is 5.69 Å². The summed E-state index contributed by atoms with van der Waals surface area (Å²) in [6.45, 7) is 5.77. The van der Waals surface area contributed by atoms with Crippen molar-refractivity contribution in [1.82, 2.24) is 30.0 Å². The number of hydrogen-bond acceptors (Lipinski definition) is 6. The van der Waals surface area contributed by atoms with Gasteiger partial charge in [0, 0.05) is 17.6 Å². The second-order valence-electron chi connectivity index (χ2n) is 7.17. The van der Waals surface area contributed by atoms with Gasteiger partial charge in [-0.3, -0.25) is 9.69 Å². The van der Waals surface area contributed by atoms with Crippen LogP contribution in [0.5, 0.6) is 0 Å². The van der Waals surface area contributed by atoms with Gasteiger partial charge in [-0.05, 0) is 50.9 Å². The van der Waals surface area contributed by atoms with E-state index in [0.29, 0.717) is 18.0 Å². The van der Waals surface area contributed by atoms with Crippen LogP contribution in [0, 0.1) is 12.8 Å². The van der Waals surface area contributed by atoms with Crippen molar-refractivity contribution in [3.05, 3.63) is 58.6 Å². The Morgan fingerprint density at radius 1 is 1.29 bits per heavy atom. The summed E-state index contributed by atoms with van der Waals surface area (Å²) in [6.07, 6.45) is 5.26. The maximum Gasteiger partial charge on any atom is 0.253 e. The van der Waals surface area contributed by atoms with E-state index in [4.69, 9.17) is 0 Å². The first kappa shape index (κ1) is 18.8. The van der Waals surface area contributed by atoms with Crippen molar-refractivity contribution in [1.29, 1.82) is 0 Å². The molecule has 1 saturated heterocycles. The number of amides is 1. The Kier molecular flexibility index (Phi) is 5.78. The number of likely N-dealkylation sites (tertiary alicyclic amines) is 1. The van der Waals surface area contributed by atoms with E-state index in [2.05, 4.69) is 30.7 Å². The van der Waals surface area contributed by atoms with Crippen molar-refractivity contribution in [3.63, 3.8) is 0 Å². The van der Waals surface area contributed by atoms with Crippen LogP contribution in [-0.4, -0.2) is 50.2 Å². The fourth-order valence-electron chi connectivity index (χ4n) is 3.55. The second-order valence-corrected chi connectivity index (χ2v) is 8.11. The lowest BCUT2D eigenvalue weighted by molar-refractivity contribution is 0.0935. The molecule has 0 radical (unpaired) electrons. The zero-order valence-electron chi connectivity index (χ0n) is 15.9. The number of benzene rings is 1. The van der Waals surface area contributed by atoms with E-state index in [1.807, 2.05) is 31.2 Å². The van der Waals surface area contributed by atoms with Gasteiger partial charge in [0.2, 0.25) is 0 Å². The molecule has 1 aliphatic heterocycles. The highest BCUT2D eigenvalue weighted by Gasteiger charge is 2.21. The lowest BCUT2D eigenvalue weighted by Gasteiger charge is -2.31. The van der Waals surface area contributed by atoms with Gasteiger partial charge in [0.1, 0.15) is 17.7 Å². The van der Waals surface area contributed by atoms with Gasteiger partial charge in [0.05, 0.1) is 17.8 Å². The number of aryl methyl sites for hydroxylation is 1. The van der Waals surface area contributed by atoms with E-state index in [1.165, 1.54) is 11.3 Å². The third kappa shape index (κ3) is 4.45. The largest absolute Gasteiger partial charge is 0.352 e. The van der Waals surface area contributed by atoms with Crippen LogP contribution in [0.1, 0.15) is 33.9 Å². The number of thiazole rings is 1. The first-order valence-electron chi connectivity index (χ1n) is 9.54. The molecule has 3 heterocycles. The summed E-state index contributed by atoms with van der Waals surface area (Å²) in [7, 11) is 0. The SMILES string of the molecule is Cc1csc(CN2CCC(CNC(=O)c3ccccc3-n3cncn3)CC2)n1. The summed E-state index contributed by atoms with van der Waals surface area (Å²) in [5, 5.41) is 10.5. The highest BCUT2D eigenvalue weighted by molar-refractivity contribution is 7.09. The fourth-order valence-corrected chi connectivity index (χ4v) is 4.36. The Bertz CT molecular complexity index is 914. The van der Waals surface area contributed by atoms with E-state index in [9.17, 15) is 4.79 Å². The van der Waals surface area contributed by atoms with Crippen molar-refractivity contribution in [2.24, 2.45) is 5.92 Å². The molecule has 1 aliphatic rings. The van der Waals surface area contributed by atoms with Gasteiger partial charge in [0.15, 0.2) is 0 Å². The maximum atomic E-state index is 12.7. The average Bonchev–Trinajstić information content (AvgIpc) is 3.39. The Morgan fingerprint density at radius 3 is 2.82 bits per heavy atom. The van der Waals surface area contributed by atoms with Gasteiger partial charge in [-0.1, -0.05) is 12.1 Å². The zero-order valence-corrected chi connectivity index (χ0v) is 16.7. The van der Waals surface area contributed by atoms with E-state index in [-0.39, 0.29) is 5.91 Å². The molecule has 28 heavy (non-hydrogen) atoms. The van der Waals surface area contributed by atoms with Gasteiger partial charge in [-0.25, -0.2) is 14.6 Å². The minimum atomic E-state index is -0.0632. The predicted octanol–water partition coefficient (Wildman–Crippen LogP) is 2.67. The van der Waals surface area contributed by atoms with Gasteiger partial charge in [0.25, 0.3) is 5.91 Å². The molecule has 0 saturated carbocycles. The van der Waals surface area contributed by atoms with Gasteiger partial charge >= 0.3 is 0 Å². The second kappa shape index (κ2) is 8.62. The molecule has 0 unspecified atom stereocenters. The molecule has 0 aliphatic carbocycles. The number of carbonyl (C=O) groups excluding carboxylic acids is 1. The maximum absolute atomic E-state index is 12.7. The van der Waals surface area contributed by atoms with Crippen LogP contribution in [0.2, 0.25) is 0 Å². The summed E-state index contributed by atoms with van der Waals surface area (Å²) < 4.78 is 1.62. The summed E-state index contributed by atoms with van der Waals surface area (Å²) in [4.78, 5) is 23.7. The molecular weight excluding hydrogens is 372 g/mol. The van der Waals surface area contributed by atoms with Gasteiger partial charge in [-0.2, -0.15) is 5.10 Å². The standard InChI is InChI=1S/C20H24N6OS/c1-15-12-28-19(24-15)11-25-8-6-16(7-9-25)10-22-20(27)17-4-2-3-5-18(17)26-14-21-13-23-26/h2-5,12-14,16H,6-11H2,1H3,(H,22,27). The average molecular weight is 397 g/mol. The monoisotopic (exact) mass is 396 g/mol. The number of aromatic nitrogens is 4. The topological polar surface area (TPSA) is 75.9 Å². The Morgan fingerprint density at radius 2 is 2.11 bits per heavy atom. The molecule has 1 fully saturated rings. The Hall–Kier alpha value is -2.58. The molecular formula is C20H24N6OS. The third-order valence-corrected chi connectivity index (χ3v) is 6.05. The van der Waals surface area contributed by atoms with E-state index in [0.717, 1.165) is 43.9 Å². The minimum Gasteiger partial charge on any atom is -0.352 e. The molecule has 8 heteroatoms. The van der Waals surface area contributed by atoms with E-state index >= 15 is 0 Å². The smallest absolute Gasteiger partial charge is 0.253 e. The summed E-state index contributed by atoms with van der Waals surface area (Å²) in [5.41, 5.74) is 2.46. The number of rotatable bonds is 6. The number of nitrogens with zero attached hydrogens (tertiary/aromatic N) is 5. The van der Waals surface area contributed by atoms with Gasteiger partial charge in [-0.15, -0.1) is 11.3 Å². The molecule has 0 atom stereocenters. The van der Waals surface area contributed by atoms with Crippen LogP contribution >= 0.6 is 11.3 Å². The minimum absolute atomic E-state index is 0.0632. The summed E-state index contributed by atoms with van der Waals surface area (Å²) >= 11 is 1.73. The highest BCUT2D eigenvalue weighted by atomic mass is 32.1. The normalized spacial score (nSPS) is 15.6. The summed E-state index contributed by atoms with van der Waals surface area (Å²) in [6, 6.07) is 7.47. The van der Waals surface area contributed by atoms with E-state index in [1.54, 1.807) is 22.3 Å². The number of nitrogens with one attached hydrogen (secondary N) is 1. The molecule has 1 amide bonds. The first-order chi connectivity index (χ1) is 13.7. The number of piperidine rings is 1. The highest BCUT2D eigenvalue weighted by Crippen LogP contribution is 2.20. The Balaban J connectivity index is 1.28. The molecule has 7 nitrogen and oxygen atoms in total. The molecule has 4 rings (SSSR count). The van der Waals surface area contributed by atoms with Crippen LogP contribution in [0.3, 0.4) is 0 Å². The summed E-state index contributed by atoms with van der Waals surface area (Å²) in [5.74, 6) is 0.448. The fraction of sp³-hybridized carbons (Fsp3) is 0.400. The van der Waals surface area contributed by atoms with Crippen LogP contribution in [0.25, 0.3) is 5.69 Å². The lowest BCUT2D eigenvalue weighted by Crippen LogP contribution is -2.38. The molecule has 1 aromatic carbocycles. The van der Waals surface area contributed by atoms with E-state index < -0.39 is 0 Å². The van der Waals surface area contributed by atoms with Crippen LogP contribution in [0.4, 0.5) is 0 Å². The molecule has 146 valence electrons. The quantitative estimate of drug-likeness (QED) is 0.693. The predicted molar refractivity (Wildman–Crippen MR) is 109 cm³/mol. The van der Waals surface area contributed by atoms with Gasteiger partial charge < -0.3 is 5.32 Å². The Labute approximate surface area is 168 Å². The lowest BCUT2D eigenvalue weighted by atomic mass is 9.96. The van der Waals surface area contributed by atoms with Crippen molar-refractivity contribution < 1.29 is 4.79 Å². The molecule has 2 aromatic heterocycles.